The Morgan fingerprint density at radius 3 is 2.81 bits per heavy atom. The van der Waals surface area contributed by atoms with Crippen molar-refractivity contribution in [2.45, 2.75) is 6.92 Å². The van der Waals surface area contributed by atoms with Gasteiger partial charge in [0.2, 0.25) is 5.91 Å². The molecule has 0 saturated carbocycles. The van der Waals surface area contributed by atoms with E-state index in [-0.39, 0.29) is 23.5 Å². The predicted octanol–water partition coefficient (Wildman–Crippen LogP) is 0.614. The summed E-state index contributed by atoms with van der Waals surface area (Å²) < 4.78 is 9.89. The average molecular weight is 226 g/mol. The molecule has 6 nitrogen and oxygen atoms in total. The molecule has 6 heteroatoms. The highest BCUT2D eigenvalue weighted by atomic mass is 16.5. The molecule has 1 aromatic rings. The molecule has 0 aromatic carbocycles. The first kappa shape index (κ1) is 12.3. The van der Waals surface area contributed by atoms with Gasteiger partial charge in [0, 0.05) is 26.6 Å². The van der Waals surface area contributed by atoms with Gasteiger partial charge < -0.3 is 14.5 Å². The van der Waals surface area contributed by atoms with Gasteiger partial charge in [0.05, 0.1) is 6.61 Å². The molecule has 0 spiro atoms. The quantitative estimate of drug-likeness (QED) is 0.721. The SMILES string of the molecule is COCCNC(=O)c1ccc(NC(C)=O)o1. The van der Waals surface area contributed by atoms with Gasteiger partial charge in [-0.15, -0.1) is 0 Å². The summed E-state index contributed by atoms with van der Waals surface area (Å²) in [5.41, 5.74) is 0. The van der Waals surface area contributed by atoms with Crippen LogP contribution in [0.4, 0.5) is 5.88 Å². The molecule has 0 aliphatic rings. The van der Waals surface area contributed by atoms with E-state index in [2.05, 4.69) is 10.6 Å². The molecule has 0 radical (unpaired) electrons. The number of rotatable bonds is 5. The summed E-state index contributed by atoms with van der Waals surface area (Å²) >= 11 is 0. The Kier molecular flexibility index (Phi) is 4.53. The van der Waals surface area contributed by atoms with Crippen LogP contribution in [0.3, 0.4) is 0 Å². The van der Waals surface area contributed by atoms with Gasteiger partial charge in [0.15, 0.2) is 11.6 Å². The van der Waals surface area contributed by atoms with Crippen molar-refractivity contribution < 1.29 is 18.7 Å². The molecule has 0 fully saturated rings. The Morgan fingerprint density at radius 2 is 2.19 bits per heavy atom. The highest BCUT2D eigenvalue weighted by Gasteiger charge is 2.10. The molecule has 88 valence electrons. The molecular formula is C10H14N2O4. The fraction of sp³-hybridized carbons (Fsp3) is 0.400. The molecule has 0 bridgehead atoms. The van der Waals surface area contributed by atoms with Gasteiger partial charge in [0.25, 0.3) is 5.91 Å². The summed E-state index contributed by atoms with van der Waals surface area (Å²) in [6, 6.07) is 3.01. The monoisotopic (exact) mass is 226 g/mol. The fourth-order valence-corrected chi connectivity index (χ4v) is 1.05. The fourth-order valence-electron chi connectivity index (χ4n) is 1.05. The molecule has 0 atom stereocenters. The summed E-state index contributed by atoms with van der Waals surface area (Å²) in [6.07, 6.45) is 0. The molecule has 2 amide bonds. The molecule has 16 heavy (non-hydrogen) atoms. The molecule has 0 saturated heterocycles. The maximum absolute atomic E-state index is 11.4. The van der Waals surface area contributed by atoms with Crippen LogP contribution in [0.2, 0.25) is 0 Å². The van der Waals surface area contributed by atoms with E-state index >= 15 is 0 Å². The van der Waals surface area contributed by atoms with Gasteiger partial charge in [-0.2, -0.15) is 0 Å². The third-order valence-corrected chi connectivity index (χ3v) is 1.72. The van der Waals surface area contributed by atoms with Crippen LogP contribution in [0, 0.1) is 0 Å². The lowest BCUT2D eigenvalue weighted by Gasteiger charge is -2.01. The molecule has 2 N–H and O–H groups in total. The van der Waals surface area contributed by atoms with Gasteiger partial charge in [0.1, 0.15) is 0 Å². The standard InChI is InChI=1S/C10H14N2O4/c1-7(13)12-9-4-3-8(16-9)10(14)11-5-6-15-2/h3-4H,5-6H2,1-2H3,(H,11,14)(H,12,13). The lowest BCUT2D eigenvalue weighted by atomic mass is 10.4. The Hall–Kier alpha value is -1.82. The van der Waals surface area contributed by atoms with Gasteiger partial charge in [-0.25, -0.2) is 0 Å². The number of furan rings is 1. The number of carbonyl (C=O) groups is 2. The van der Waals surface area contributed by atoms with E-state index in [1.54, 1.807) is 7.11 Å². The van der Waals surface area contributed by atoms with E-state index in [0.29, 0.717) is 13.2 Å². The lowest BCUT2D eigenvalue weighted by molar-refractivity contribution is -0.114. The molecule has 0 unspecified atom stereocenters. The van der Waals surface area contributed by atoms with Gasteiger partial charge in [-0.1, -0.05) is 0 Å². The van der Waals surface area contributed by atoms with Crippen LogP contribution in [-0.4, -0.2) is 32.1 Å². The van der Waals surface area contributed by atoms with Crippen molar-refractivity contribution in [2.75, 3.05) is 25.6 Å². The second-order valence-electron chi connectivity index (χ2n) is 3.09. The number of amides is 2. The number of methoxy groups -OCH3 is 1. The Morgan fingerprint density at radius 1 is 1.44 bits per heavy atom. The number of anilines is 1. The smallest absolute Gasteiger partial charge is 0.287 e. The van der Waals surface area contributed by atoms with Gasteiger partial charge in [-0.05, 0) is 6.07 Å². The molecule has 1 heterocycles. The Bertz CT molecular complexity index is 373. The van der Waals surface area contributed by atoms with Crippen molar-refractivity contribution in [1.82, 2.24) is 5.32 Å². The van der Waals surface area contributed by atoms with Crippen LogP contribution in [0.1, 0.15) is 17.5 Å². The van der Waals surface area contributed by atoms with E-state index in [1.165, 1.54) is 19.1 Å². The van der Waals surface area contributed by atoms with Crippen molar-refractivity contribution in [2.24, 2.45) is 0 Å². The maximum atomic E-state index is 11.4. The largest absolute Gasteiger partial charge is 0.435 e. The topological polar surface area (TPSA) is 80.6 Å². The second-order valence-corrected chi connectivity index (χ2v) is 3.09. The zero-order chi connectivity index (χ0) is 12.0. The summed E-state index contributed by atoms with van der Waals surface area (Å²) in [6.45, 7) is 2.21. The highest BCUT2D eigenvalue weighted by molar-refractivity contribution is 5.93. The Balaban J connectivity index is 2.49. The van der Waals surface area contributed by atoms with E-state index in [0.717, 1.165) is 0 Å². The normalized spacial score (nSPS) is 9.88. The minimum atomic E-state index is -0.339. The van der Waals surface area contributed by atoms with Crippen molar-refractivity contribution >= 4 is 17.7 Å². The summed E-state index contributed by atoms with van der Waals surface area (Å²) in [7, 11) is 1.55. The molecule has 0 aliphatic heterocycles. The predicted molar refractivity (Wildman–Crippen MR) is 57.2 cm³/mol. The van der Waals surface area contributed by atoms with Crippen LogP contribution in [0.25, 0.3) is 0 Å². The van der Waals surface area contributed by atoms with Crippen molar-refractivity contribution in [3.05, 3.63) is 17.9 Å². The average Bonchev–Trinajstić information content (AvgIpc) is 2.65. The van der Waals surface area contributed by atoms with Crippen LogP contribution in [-0.2, 0) is 9.53 Å². The first-order valence-corrected chi connectivity index (χ1v) is 4.78. The molecule has 1 rings (SSSR count). The minimum Gasteiger partial charge on any atom is -0.435 e. The number of hydrogen-bond donors (Lipinski definition) is 2. The lowest BCUT2D eigenvalue weighted by Crippen LogP contribution is -2.26. The molecule has 1 aromatic heterocycles. The van der Waals surface area contributed by atoms with Crippen molar-refractivity contribution in [1.29, 1.82) is 0 Å². The first-order valence-electron chi connectivity index (χ1n) is 4.78. The molecular weight excluding hydrogens is 212 g/mol. The number of carbonyl (C=O) groups excluding carboxylic acids is 2. The molecule has 0 aliphatic carbocycles. The van der Waals surface area contributed by atoms with E-state index in [4.69, 9.17) is 9.15 Å². The zero-order valence-corrected chi connectivity index (χ0v) is 9.20. The summed E-state index contributed by atoms with van der Waals surface area (Å²) in [4.78, 5) is 22.2. The van der Waals surface area contributed by atoms with Crippen LogP contribution >= 0.6 is 0 Å². The van der Waals surface area contributed by atoms with Crippen LogP contribution in [0.5, 0.6) is 0 Å². The van der Waals surface area contributed by atoms with E-state index in [9.17, 15) is 9.59 Å². The summed E-state index contributed by atoms with van der Waals surface area (Å²) in [5, 5.41) is 5.03. The van der Waals surface area contributed by atoms with Gasteiger partial charge in [-0.3, -0.25) is 14.9 Å². The second kappa shape index (κ2) is 5.92. The highest BCUT2D eigenvalue weighted by Crippen LogP contribution is 2.12. The van der Waals surface area contributed by atoms with Crippen LogP contribution < -0.4 is 10.6 Å². The van der Waals surface area contributed by atoms with Crippen LogP contribution in [0.15, 0.2) is 16.5 Å². The third-order valence-electron chi connectivity index (χ3n) is 1.72. The number of hydrogen-bond acceptors (Lipinski definition) is 4. The van der Waals surface area contributed by atoms with Gasteiger partial charge >= 0.3 is 0 Å². The Labute approximate surface area is 93.0 Å². The number of ether oxygens (including phenoxy) is 1. The third kappa shape index (κ3) is 3.74. The van der Waals surface area contributed by atoms with E-state index < -0.39 is 0 Å². The summed E-state index contributed by atoms with van der Waals surface area (Å²) in [5.74, 6) is -0.182. The van der Waals surface area contributed by atoms with Crippen molar-refractivity contribution in [3.63, 3.8) is 0 Å². The maximum Gasteiger partial charge on any atom is 0.287 e. The minimum absolute atomic E-state index is 0.153. The first-order chi connectivity index (χ1) is 7.63. The van der Waals surface area contributed by atoms with E-state index in [1.807, 2.05) is 0 Å². The van der Waals surface area contributed by atoms with Crippen molar-refractivity contribution in [3.8, 4) is 0 Å². The number of nitrogens with one attached hydrogen (secondary N) is 2. The zero-order valence-electron chi connectivity index (χ0n) is 9.20.